The summed E-state index contributed by atoms with van der Waals surface area (Å²) in [6, 6.07) is 5.34. The number of ether oxygens (including phenoxy) is 3. The van der Waals surface area contributed by atoms with E-state index in [2.05, 4.69) is 9.55 Å². The van der Waals surface area contributed by atoms with E-state index >= 15 is 0 Å². The molecule has 1 aromatic carbocycles. The molecule has 1 atom stereocenters. The average molecular weight is 357 g/mol. The van der Waals surface area contributed by atoms with E-state index in [4.69, 9.17) is 14.2 Å². The second-order valence-electron chi connectivity index (χ2n) is 6.40. The Labute approximate surface area is 152 Å². The maximum Gasteiger partial charge on any atom is 0.258 e. The molecule has 138 valence electrons. The standard InChI is InChI=1S/C19H23N3O4/c1-3-24-12-14-11-20-18-13(2)21(7-8-22(14)18)19(23)15-5-4-6-16-17(15)26-10-9-25-16/h4-6,11,13H,3,7-10,12H2,1-2H3/t13-/m0/s1. The van der Waals surface area contributed by atoms with Gasteiger partial charge in [-0.1, -0.05) is 6.07 Å². The van der Waals surface area contributed by atoms with Crippen LogP contribution in [-0.2, 0) is 17.9 Å². The van der Waals surface area contributed by atoms with Crippen molar-refractivity contribution in [3.63, 3.8) is 0 Å². The van der Waals surface area contributed by atoms with Crippen molar-refractivity contribution in [2.45, 2.75) is 33.0 Å². The van der Waals surface area contributed by atoms with E-state index in [0.717, 1.165) is 11.5 Å². The number of amides is 1. The molecule has 4 rings (SSSR count). The molecule has 0 aliphatic carbocycles. The van der Waals surface area contributed by atoms with Gasteiger partial charge in [-0.15, -0.1) is 0 Å². The number of carbonyl (C=O) groups is 1. The van der Waals surface area contributed by atoms with Crippen LogP contribution < -0.4 is 9.47 Å². The summed E-state index contributed by atoms with van der Waals surface area (Å²) in [5, 5.41) is 0. The maximum absolute atomic E-state index is 13.2. The first kappa shape index (κ1) is 16.9. The Morgan fingerprint density at radius 2 is 2.15 bits per heavy atom. The zero-order valence-electron chi connectivity index (χ0n) is 15.1. The zero-order chi connectivity index (χ0) is 18.1. The van der Waals surface area contributed by atoms with Crippen molar-refractivity contribution in [1.29, 1.82) is 0 Å². The van der Waals surface area contributed by atoms with Crippen LogP contribution in [0.4, 0.5) is 0 Å². The zero-order valence-corrected chi connectivity index (χ0v) is 15.1. The molecule has 2 aromatic rings. The van der Waals surface area contributed by atoms with Crippen molar-refractivity contribution in [3.8, 4) is 11.5 Å². The van der Waals surface area contributed by atoms with Crippen molar-refractivity contribution in [2.75, 3.05) is 26.4 Å². The van der Waals surface area contributed by atoms with Crippen molar-refractivity contribution in [1.82, 2.24) is 14.5 Å². The fourth-order valence-electron chi connectivity index (χ4n) is 3.56. The number of hydrogen-bond donors (Lipinski definition) is 0. The van der Waals surface area contributed by atoms with Gasteiger partial charge in [0.2, 0.25) is 0 Å². The molecule has 0 N–H and O–H groups in total. The van der Waals surface area contributed by atoms with E-state index in [1.807, 2.05) is 37.1 Å². The molecule has 0 saturated heterocycles. The van der Waals surface area contributed by atoms with Crippen LogP contribution in [0, 0.1) is 0 Å². The molecule has 3 heterocycles. The highest BCUT2D eigenvalue weighted by molar-refractivity contribution is 5.98. The van der Waals surface area contributed by atoms with Gasteiger partial charge in [0, 0.05) is 19.7 Å². The van der Waals surface area contributed by atoms with Gasteiger partial charge in [-0.2, -0.15) is 0 Å². The maximum atomic E-state index is 13.2. The first-order valence-corrected chi connectivity index (χ1v) is 9.02. The number of hydrogen-bond acceptors (Lipinski definition) is 5. The molecule has 0 fully saturated rings. The van der Waals surface area contributed by atoms with Crippen molar-refractivity contribution >= 4 is 5.91 Å². The van der Waals surface area contributed by atoms with Gasteiger partial charge in [0.15, 0.2) is 11.5 Å². The van der Waals surface area contributed by atoms with Gasteiger partial charge in [-0.3, -0.25) is 4.79 Å². The Morgan fingerprint density at radius 1 is 1.31 bits per heavy atom. The number of carbonyl (C=O) groups excluding carboxylic acids is 1. The lowest BCUT2D eigenvalue weighted by atomic mass is 10.1. The van der Waals surface area contributed by atoms with E-state index in [0.29, 0.717) is 56.6 Å². The van der Waals surface area contributed by atoms with Crippen molar-refractivity contribution < 1.29 is 19.0 Å². The van der Waals surface area contributed by atoms with Crippen molar-refractivity contribution in [3.05, 3.63) is 41.5 Å². The normalized spacial score (nSPS) is 18.5. The molecule has 1 aromatic heterocycles. The minimum absolute atomic E-state index is 0.0551. The molecule has 26 heavy (non-hydrogen) atoms. The van der Waals surface area contributed by atoms with Crippen LogP contribution in [0.1, 0.15) is 41.8 Å². The highest BCUT2D eigenvalue weighted by Gasteiger charge is 2.33. The molecule has 0 spiro atoms. The van der Waals surface area contributed by atoms with Crippen molar-refractivity contribution in [2.24, 2.45) is 0 Å². The summed E-state index contributed by atoms with van der Waals surface area (Å²) < 4.78 is 19.0. The minimum Gasteiger partial charge on any atom is -0.486 e. The molecule has 0 saturated carbocycles. The third kappa shape index (κ3) is 2.82. The summed E-state index contributed by atoms with van der Waals surface area (Å²) in [6.07, 6.45) is 1.84. The number of para-hydroxylation sites is 1. The van der Waals surface area contributed by atoms with Gasteiger partial charge in [0.25, 0.3) is 5.91 Å². The monoisotopic (exact) mass is 357 g/mol. The molecule has 7 nitrogen and oxygen atoms in total. The molecule has 1 amide bonds. The van der Waals surface area contributed by atoms with Crippen LogP contribution in [-0.4, -0.2) is 46.7 Å². The summed E-state index contributed by atoms with van der Waals surface area (Å²) in [7, 11) is 0. The van der Waals surface area contributed by atoms with Crippen LogP contribution >= 0.6 is 0 Å². The lowest BCUT2D eigenvalue weighted by Gasteiger charge is -2.35. The molecule has 7 heteroatoms. The molecule has 2 aliphatic heterocycles. The predicted octanol–water partition coefficient (Wildman–Crippen LogP) is 2.41. The second-order valence-corrected chi connectivity index (χ2v) is 6.40. The number of nitrogens with zero attached hydrogens (tertiary/aromatic N) is 3. The summed E-state index contributed by atoms with van der Waals surface area (Å²) in [4.78, 5) is 19.6. The quantitative estimate of drug-likeness (QED) is 0.841. The number of rotatable bonds is 4. The number of imidazole rings is 1. The van der Waals surface area contributed by atoms with Gasteiger partial charge >= 0.3 is 0 Å². The summed E-state index contributed by atoms with van der Waals surface area (Å²) >= 11 is 0. The van der Waals surface area contributed by atoms with Crippen LogP contribution in [0.2, 0.25) is 0 Å². The smallest absolute Gasteiger partial charge is 0.258 e. The van der Waals surface area contributed by atoms with Gasteiger partial charge in [-0.05, 0) is 26.0 Å². The molecule has 0 bridgehead atoms. The highest BCUT2D eigenvalue weighted by atomic mass is 16.6. The largest absolute Gasteiger partial charge is 0.486 e. The summed E-state index contributed by atoms with van der Waals surface area (Å²) in [5.41, 5.74) is 1.60. The Morgan fingerprint density at radius 3 is 3.00 bits per heavy atom. The molecule has 0 unspecified atom stereocenters. The lowest BCUT2D eigenvalue weighted by Crippen LogP contribution is -2.41. The molecule has 2 aliphatic rings. The van der Waals surface area contributed by atoms with Gasteiger partial charge in [-0.25, -0.2) is 4.98 Å². The Bertz CT molecular complexity index is 817. The average Bonchev–Trinajstić information content (AvgIpc) is 3.09. The highest BCUT2D eigenvalue weighted by Crippen LogP contribution is 2.36. The fourth-order valence-corrected chi connectivity index (χ4v) is 3.56. The summed E-state index contributed by atoms with van der Waals surface area (Å²) in [6.45, 7) is 7.48. The fraction of sp³-hybridized carbons (Fsp3) is 0.474. The van der Waals surface area contributed by atoms with Gasteiger partial charge < -0.3 is 23.7 Å². The SMILES string of the molecule is CCOCc1cnc2n1CCN(C(=O)c1cccc3c1OCCO3)[C@H]2C. The van der Waals surface area contributed by atoms with E-state index in [9.17, 15) is 4.79 Å². The van der Waals surface area contributed by atoms with Gasteiger partial charge in [0.1, 0.15) is 19.0 Å². The van der Waals surface area contributed by atoms with Crippen LogP contribution in [0.5, 0.6) is 11.5 Å². The lowest BCUT2D eigenvalue weighted by molar-refractivity contribution is 0.0620. The minimum atomic E-state index is -0.119. The Hall–Kier alpha value is -2.54. The Kier molecular flexibility index (Phi) is 4.55. The Balaban J connectivity index is 1.60. The number of benzene rings is 1. The first-order valence-electron chi connectivity index (χ1n) is 9.02. The van der Waals surface area contributed by atoms with Gasteiger partial charge in [0.05, 0.1) is 30.1 Å². The first-order chi connectivity index (χ1) is 12.7. The van der Waals surface area contributed by atoms with Crippen LogP contribution in [0.25, 0.3) is 0 Å². The van der Waals surface area contributed by atoms with E-state index in [1.165, 1.54) is 0 Å². The predicted molar refractivity (Wildman–Crippen MR) is 94.4 cm³/mol. The second kappa shape index (κ2) is 6.99. The molecular weight excluding hydrogens is 334 g/mol. The topological polar surface area (TPSA) is 65.8 Å². The van der Waals surface area contributed by atoms with E-state index < -0.39 is 0 Å². The molecule has 0 radical (unpaired) electrons. The third-order valence-corrected chi connectivity index (χ3v) is 4.89. The van der Waals surface area contributed by atoms with E-state index in [1.54, 1.807) is 6.07 Å². The molecular formula is C19H23N3O4. The van der Waals surface area contributed by atoms with Crippen LogP contribution in [0.3, 0.4) is 0 Å². The number of fused-ring (bicyclic) bond motifs is 2. The van der Waals surface area contributed by atoms with Crippen LogP contribution in [0.15, 0.2) is 24.4 Å². The van der Waals surface area contributed by atoms with E-state index in [-0.39, 0.29) is 11.9 Å². The third-order valence-electron chi connectivity index (χ3n) is 4.89. The summed E-state index contributed by atoms with van der Waals surface area (Å²) in [5.74, 6) is 2.01. The number of aromatic nitrogens is 2.